The first kappa shape index (κ1) is 16.9. The second-order valence-electron chi connectivity index (χ2n) is 5.49. The van der Waals surface area contributed by atoms with E-state index in [0.29, 0.717) is 0 Å². The summed E-state index contributed by atoms with van der Waals surface area (Å²) in [5.74, 6) is -3.40. The molecule has 7 heteroatoms. The molecule has 116 valence electrons. The maximum absolute atomic E-state index is 13.1. The normalized spacial score (nSPS) is 12.6. The number of carboxylic acid groups (broad SMARTS) is 1. The summed E-state index contributed by atoms with van der Waals surface area (Å²) in [5, 5.41) is 11.2. The number of halogens is 2. The van der Waals surface area contributed by atoms with Crippen molar-refractivity contribution in [3.63, 3.8) is 0 Å². The van der Waals surface area contributed by atoms with Crippen LogP contribution in [0.4, 0.5) is 13.6 Å². The van der Waals surface area contributed by atoms with Gasteiger partial charge in [-0.15, -0.1) is 0 Å². The van der Waals surface area contributed by atoms with Gasteiger partial charge in [-0.3, -0.25) is 0 Å². The highest BCUT2D eigenvalue weighted by Crippen LogP contribution is 2.12. The fraction of sp³-hybridized carbons (Fsp3) is 0.429. The first-order chi connectivity index (χ1) is 9.58. The number of benzene rings is 1. The summed E-state index contributed by atoms with van der Waals surface area (Å²) in [6.45, 7) is 4.91. The summed E-state index contributed by atoms with van der Waals surface area (Å²) in [7, 11) is 0. The minimum absolute atomic E-state index is 0.189. The Morgan fingerprint density at radius 2 is 1.90 bits per heavy atom. The summed E-state index contributed by atoms with van der Waals surface area (Å²) in [6, 6.07) is 1.74. The molecule has 0 radical (unpaired) electrons. The van der Waals surface area contributed by atoms with Crippen molar-refractivity contribution in [2.45, 2.75) is 38.8 Å². The predicted octanol–water partition coefficient (Wildman–Crippen LogP) is 2.49. The van der Waals surface area contributed by atoms with E-state index in [2.05, 4.69) is 5.32 Å². The summed E-state index contributed by atoms with van der Waals surface area (Å²) in [5.41, 5.74) is -0.521. The minimum atomic E-state index is -1.30. The lowest BCUT2D eigenvalue weighted by Gasteiger charge is -2.22. The molecule has 0 aliphatic heterocycles. The molecule has 0 saturated carbocycles. The fourth-order valence-corrected chi connectivity index (χ4v) is 1.55. The van der Waals surface area contributed by atoms with Gasteiger partial charge in [0.1, 0.15) is 11.6 Å². The molecule has 21 heavy (non-hydrogen) atoms. The smallest absolute Gasteiger partial charge is 0.408 e. The lowest BCUT2D eigenvalue weighted by Crippen LogP contribution is -2.44. The van der Waals surface area contributed by atoms with Crippen molar-refractivity contribution in [1.29, 1.82) is 0 Å². The molecular formula is C14H17F2NO4. The lowest BCUT2D eigenvalue weighted by atomic mass is 10.1. The predicted molar refractivity (Wildman–Crippen MR) is 70.9 cm³/mol. The highest BCUT2D eigenvalue weighted by molar-refractivity contribution is 5.80. The van der Waals surface area contributed by atoms with Gasteiger partial charge in [-0.2, -0.15) is 0 Å². The Hall–Kier alpha value is -2.18. The van der Waals surface area contributed by atoms with E-state index in [0.717, 1.165) is 12.1 Å². The maximum atomic E-state index is 13.1. The largest absolute Gasteiger partial charge is 0.480 e. The monoisotopic (exact) mass is 301 g/mol. The van der Waals surface area contributed by atoms with Gasteiger partial charge in [0, 0.05) is 6.42 Å². The zero-order valence-electron chi connectivity index (χ0n) is 11.9. The Bertz CT molecular complexity index is 540. The molecule has 1 rings (SSSR count). The van der Waals surface area contributed by atoms with E-state index in [9.17, 15) is 18.4 Å². The topological polar surface area (TPSA) is 75.6 Å². The number of ether oxygens (including phenoxy) is 1. The van der Waals surface area contributed by atoms with Crippen molar-refractivity contribution in [2.24, 2.45) is 0 Å². The molecule has 0 fully saturated rings. The van der Waals surface area contributed by atoms with Crippen LogP contribution in [-0.4, -0.2) is 28.8 Å². The second-order valence-corrected chi connectivity index (χ2v) is 5.49. The van der Waals surface area contributed by atoms with Gasteiger partial charge in [0.15, 0.2) is 11.6 Å². The Labute approximate surface area is 120 Å². The van der Waals surface area contributed by atoms with Gasteiger partial charge in [0.05, 0.1) is 0 Å². The lowest BCUT2D eigenvalue weighted by molar-refractivity contribution is -0.139. The van der Waals surface area contributed by atoms with Crippen LogP contribution in [0.3, 0.4) is 0 Å². The number of hydrogen-bond donors (Lipinski definition) is 2. The highest BCUT2D eigenvalue weighted by Gasteiger charge is 2.24. The van der Waals surface area contributed by atoms with E-state index < -0.39 is 35.3 Å². The third-order valence-corrected chi connectivity index (χ3v) is 2.41. The molecule has 0 aliphatic rings. The fourth-order valence-electron chi connectivity index (χ4n) is 1.55. The Kier molecular flexibility index (Phi) is 5.23. The molecule has 0 bridgehead atoms. The van der Waals surface area contributed by atoms with Crippen molar-refractivity contribution in [3.8, 4) is 0 Å². The van der Waals surface area contributed by atoms with E-state index in [-0.39, 0.29) is 12.0 Å². The van der Waals surface area contributed by atoms with Gasteiger partial charge in [-0.1, -0.05) is 6.07 Å². The standard InChI is InChI=1S/C14H17F2NO4/c1-14(2,3)21-13(20)17-11(12(18)19)7-8-4-5-9(15)10(16)6-8/h4-6,11H,7H2,1-3H3,(H,17,20)(H,18,19)/t11-/m1/s1. The van der Waals surface area contributed by atoms with Gasteiger partial charge >= 0.3 is 12.1 Å². The summed E-state index contributed by atoms with van der Waals surface area (Å²) >= 11 is 0. The number of nitrogens with one attached hydrogen (secondary N) is 1. The number of rotatable bonds is 4. The molecule has 0 aliphatic carbocycles. The van der Waals surface area contributed by atoms with E-state index in [1.54, 1.807) is 20.8 Å². The molecule has 1 aromatic rings. The average Bonchev–Trinajstić information content (AvgIpc) is 2.30. The van der Waals surface area contributed by atoms with Gasteiger partial charge in [-0.05, 0) is 38.5 Å². The average molecular weight is 301 g/mol. The summed E-state index contributed by atoms with van der Waals surface area (Å²) in [6.07, 6.45) is -1.08. The van der Waals surface area contributed by atoms with E-state index in [1.165, 1.54) is 6.07 Å². The molecule has 1 aromatic carbocycles. The Morgan fingerprint density at radius 3 is 2.38 bits per heavy atom. The van der Waals surface area contributed by atoms with Gasteiger partial charge in [0.2, 0.25) is 0 Å². The third kappa shape index (κ3) is 5.76. The quantitative estimate of drug-likeness (QED) is 0.896. The van der Waals surface area contributed by atoms with Crippen molar-refractivity contribution in [1.82, 2.24) is 5.32 Å². The summed E-state index contributed by atoms with van der Waals surface area (Å²) < 4.78 is 30.8. The molecule has 2 N–H and O–H groups in total. The van der Waals surface area contributed by atoms with Gasteiger partial charge < -0.3 is 15.2 Å². The number of hydrogen-bond acceptors (Lipinski definition) is 3. The van der Waals surface area contributed by atoms with Crippen LogP contribution in [0.1, 0.15) is 26.3 Å². The Balaban J connectivity index is 2.76. The number of aliphatic carboxylic acids is 1. The first-order valence-corrected chi connectivity index (χ1v) is 6.25. The molecule has 0 heterocycles. The number of carbonyl (C=O) groups is 2. The van der Waals surface area contributed by atoms with Crippen LogP contribution in [-0.2, 0) is 16.0 Å². The molecule has 0 aromatic heterocycles. The first-order valence-electron chi connectivity index (χ1n) is 6.25. The SMILES string of the molecule is CC(C)(C)OC(=O)N[C@H](Cc1ccc(F)c(F)c1)C(=O)O. The van der Waals surface area contributed by atoms with Crippen LogP contribution in [0, 0.1) is 11.6 Å². The molecule has 0 saturated heterocycles. The number of alkyl carbamates (subject to hydrolysis) is 1. The highest BCUT2D eigenvalue weighted by atomic mass is 19.2. The van der Waals surface area contributed by atoms with Crippen LogP contribution in [0.25, 0.3) is 0 Å². The molecular weight excluding hydrogens is 284 g/mol. The van der Waals surface area contributed by atoms with Gasteiger partial charge in [-0.25, -0.2) is 18.4 Å². The number of carbonyl (C=O) groups excluding carboxylic acids is 1. The molecule has 1 atom stereocenters. The van der Waals surface area contributed by atoms with Crippen molar-refractivity contribution >= 4 is 12.1 Å². The molecule has 0 unspecified atom stereocenters. The zero-order valence-corrected chi connectivity index (χ0v) is 11.9. The van der Waals surface area contributed by atoms with Crippen LogP contribution in [0.15, 0.2) is 18.2 Å². The Morgan fingerprint density at radius 1 is 1.29 bits per heavy atom. The molecule has 1 amide bonds. The second kappa shape index (κ2) is 6.51. The van der Waals surface area contributed by atoms with E-state index >= 15 is 0 Å². The number of carboxylic acids is 1. The summed E-state index contributed by atoms with van der Waals surface area (Å²) in [4.78, 5) is 22.7. The molecule has 5 nitrogen and oxygen atoms in total. The molecule has 0 spiro atoms. The number of amides is 1. The zero-order chi connectivity index (χ0) is 16.2. The van der Waals surface area contributed by atoms with Crippen LogP contribution >= 0.6 is 0 Å². The van der Waals surface area contributed by atoms with E-state index in [4.69, 9.17) is 9.84 Å². The van der Waals surface area contributed by atoms with Crippen LogP contribution < -0.4 is 5.32 Å². The van der Waals surface area contributed by atoms with Crippen molar-refractivity contribution in [2.75, 3.05) is 0 Å². The van der Waals surface area contributed by atoms with Gasteiger partial charge in [0.25, 0.3) is 0 Å². The van der Waals surface area contributed by atoms with Crippen molar-refractivity contribution in [3.05, 3.63) is 35.4 Å². The maximum Gasteiger partial charge on any atom is 0.408 e. The van der Waals surface area contributed by atoms with Crippen LogP contribution in [0.2, 0.25) is 0 Å². The van der Waals surface area contributed by atoms with E-state index in [1.807, 2.05) is 0 Å². The van der Waals surface area contributed by atoms with Crippen molar-refractivity contribution < 1.29 is 28.2 Å². The third-order valence-electron chi connectivity index (χ3n) is 2.41. The minimum Gasteiger partial charge on any atom is -0.480 e. The van der Waals surface area contributed by atoms with Crippen LogP contribution in [0.5, 0.6) is 0 Å².